The minimum atomic E-state index is -3.44. The van der Waals surface area contributed by atoms with Crippen LogP contribution in [0.3, 0.4) is 0 Å². The molecule has 0 aliphatic carbocycles. The fourth-order valence-corrected chi connectivity index (χ4v) is 4.46. The molecular formula is C25H26Cl2N4O4S. The Balaban J connectivity index is 1.74. The molecule has 0 bridgehead atoms. The lowest BCUT2D eigenvalue weighted by Gasteiger charge is -2.27. The van der Waals surface area contributed by atoms with Crippen LogP contribution in [0.1, 0.15) is 42.1 Å². The molecule has 1 aromatic heterocycles. The summed E-state index contributed by atoms with van der Waals surface area (Å²) in [7, 11) is -3.44. The molecule has 0 unspecified atom stereocenters. The van der Waals surface area contributed by atoms with Crippen LogP contribution in [0.4, 0.5) is 0 Å². The molecule has 0 saturated carbocycles. The number of ether oxygens (including phenoxy) is 2. The molecule has 0 radical (unpaired) electrons. The predicted octanol–water partition coefficient (Wildman–Crippen LogP) is 4.36. The Kier molecular flexibility index (Phi) is 9.14. The van der Waals surface area contributed by atoms with Gasteiger partial charge in [-0.05, 0) is 41.5 Å². The largest absolute Gasteiger partial charge is 0.489 e. The van der Waals surface area contributed by atoms with Crippen LogP contribution in [-0.4, -0.2) is 36.7 Å². The van der Waals surface area contributed by atoms with Gasteiger partial charge in [0.2, 0.25) is 0 Å². The van der Waals surface area contributed by atoms with Crippen LogP contribution >= 0.6 is 23.2 Å². The zero-order valence-corrected chi connectivity index (χ0v) is 22.2. The number of nitrogens with two attached hydrogens (primary N) is 1. The lowest BCUT2D eigenvalue weighted by atomic mass is 9.77. The molecule has 190 valence electrons. The van der Waals surface area contributed by atoms with Gasteiger partial charge in [-0.2, -0.15) is 5.26 Å². The molecule has 0 saturated heterocycles. The molecule has 11 heteroatoms. The number of alkyl halides is 1. The molecule has 3 aromatic rings. The predicted molar refractivity (Wildman–Crippen MR) is 139 cm³/mol. The van der Waals surface area contributed by atoms with Gasteiger partial charge in [0.1, 0.15) is 36.6 Å². The van der Waals surface area contributed by atoms with E-state index in [0.29, 0.717) is 27.8 Å². The summed E-state index contributed by atoms with van der Waals surface area (Å²) in [5, 5.41) is 9.95. The third kappa shape index (κ3) is 6.86. The van der Waals surface area contributed by atoms with Crippen molar-refractivity contribution in [1.82, 2.24) is 9.97 Å². The first-order chi connectivity index (χ1) is 17.1. The van der Waals surface area contributed by atoms with Crippen LogP contribution in [0, 0.1) is 11.3 Å². The molecule has 0 fully saturated rings. The van der Waals surface area contributed by atoms with Crippen LogP contribution < -0.4 is 15.2 Å². The summed E-state index contributed by atoms with van der Waals surface area (Å²) in [6.07, 6.45) is 1.49. The van der Waals surface area contributed by atoms with Crippen LogP contribution in [0.15, 0.2) is 48.7 Å². The lowest BCUT2D eigenvalue weighted by molar-refractivity contribution is 0.300. The van der Waals surface area contributed by atoms with Crippen molar-refractivity contribution >= 4 is 33.0 Å². The first-order valence-electron chi connectivity index (χ1n) is 11.0. The molecule has 0 atom stereocenters. The van der Waals surface area contributed by atoms with Gasteiger partial charge < -0.3 is 15.2 Å². The second kappa shape index (κ2) is 11.9. The highest BCUT2D eigenvalue weighted by Crippen LogP contribution is 2.38. The SMILES string of the molecule is CC(C)(c1ccc(OCc2ccnc(CS(=O)(=O)CN)n2)cc1)c1cc(Cl)c(OCCCl)c(C#N)c1. The van der Waals surface area contributed by atoms with Gasteiger partial charge in [0.05, 0.1) is 28.0 Å². The summed E-state index contributed by atoms with van der Waals surface area (Å²) in [6.45, 7) is 4.47. The average molecular weight is 549 g/mol. The minimum absolute atomic E-state index is 0.145. The number of nitriles is 1. The topological polar surface area (TPSA) is 128 Å². The van der Waals surface area contributed by atoms with Gasteiger partial charge in [-0.25, -0.2) is 18.4 Å². The van der Waals surface area contributed by atoms with Gasteiger partial charge in [0.25, 0.3) is 0 Å². The Hall–Kier alpha value is -2.90. The molecule has 0 amide bonds. The smallest absolute Gasteiger partial charge is 0.170 e. The average Bonchev–Trinajstić information content (AvgIpc) is 2.86. The number of hydrogen-bond donors (Lipinski definition) is 1. The first kappa shape index (κ1) is 27.7. The van der Waals surface area contributed by atoms with Crippen molar-refractivity contribution in [2.75, 3.05) is 18.4 Å². The molecule has 0 aliphatic rings. The quantitative estimate of drug-likeness (QED) is 0.350. The highest BCUT2D eigenvalue weighted by molar-refractivity contribution is 7.90. The van der Waals surface area contributed by atoms with Gasteiger partial charge in [-0.3, -0.25) is 0 Å². The Bertz CT molecular complexity index is 1360. The Morgan fingerprint density at radius 1 is 1.11 bits per heavy atom. The monoisotopic (exact) mass is 548 g/mol. The normalized spacial score (nSPS) is 11.7. The van der Waals surface area contributed by atoms with Gasteiger partial charge >= 0.3 is 0 Å². The zero-order chi connectivity index (χ0) is 26.3. The molecule has 0 aliphatic heterocycles. The van der Waals surface area contributed by atoms with E-state index in [1.54, 1.807) is 18.2 Å². The molecule has 3 rings (SSSR count). The van der Waals surface area contributed by atoms with Crippen LogP contribution in [0.25, 0.3) is 0 Å². The summed E-state index contributed by atoms with van der Waals surface area (Å²) >= 11 is 12.1. The fraction of sp³-hybridized carbons (Fsp3) is 0.320. The third-order valence-electron chi connectivity index (χ3n) is 5.54. The van der Waals surface area contributed by atoms with E-state index >= 15 is 0 Å². The van der Waals surface area contributed by atoms with E-state index in [-0.39, 0.29) is 30.7 Å². The molecule has 8 nitrogen and oxygen atoms in total. The fourth-order valence-electron chi connectivity index (χ4n) is 3.46. The number of hydrogen-bond acceptors (Lipinski definition) is 8. The minimum Gasteiger partial charge on any atom is -0.489 e. The standard InChI is InChI=1S/C25H26Cl2N4O4S/c1-25(2,19-11-17(13-28)24(22(27)12-19)34-10-8-26)18-3-5-21(6-4-18)35-14-20-7-9-30-23(31-20)15-36(32,33)16-29/h3-7,9,11-12H,8,10,14-16,29H2,1-2H3. The van der Waals surface area contributed by atoms with Crippen molar-refractivity contribution in [3.05, 3.63) is 81.9 Å². The summed E-state index contributed by atoms with van der Waals surface area (Å²) in [5.74, 6) is 0.626. The second-order valence-electron chi connectivity index (χ2n) is 8.44. The van der Waals surface area contributed by atoms with Crippen molar-refractivity contribution in [3.8, 4) is 17.6 Å². The first-order valence-corrected chi connectivity index (χ1v) is 13.7. The highest BCUT2D eigenvalue weighted by Gasteiger charge is 2.26. The van der Waals surface area contributed by atoms with Crippen molar-refractivity contribution in [3.63, 3.8) is 0 Å². The third-order valence-corrected chi connectivity index (χ3v) is 7.18. The number of benzene rings is 2. The maximum absolute atomic E-state index is 11.7. The Morgan fingerprint density at radius 2 is 1.83 bits per heavy atom. The maximum atomic E-state index is 11.7. The summed E-state index contributed by atoms with van der Waals surface area (Å²) in [4.78, 5) is 8.23. The Morgan fingerprint density at radius 3 is 2.47 bits per heavy atom. The number of nitrogens with zero attached hydrogens (tertiary/aromatic N) is 3. The number of halogens is 2. The number of rotatable bonds is 11. The summed E-state index contributed by atoms with van der Waals surface area (Å²) < 4.78 is 34.8. The summed E-state index contributed by atoms with van der Waals surface area (Å²) in [6, 6.07) is 14.9. The van der Waals surface area contributed by atoms with E-state index in [2.05, 4.69) is 16.0 Å². The Labute approximate surface area is 220 Å². The summed E-state index contributed by atoms with van der Waals surface area (Å²) in [5.41, 5.74) is 7.53. The van der Waals surface area contributed by atoms with Gasteiger partial charge in [-0.15, -0.1) is 11.6 Å². The van der Waals surface area contributed by atoms with Crippen molar-refractivity contribution in [2.45, 2.75) is 31.6 Å². The van der Waals surface area contributed by atoms with Crippen LogP contribution in [0.5, 0.6) is 11.5 Å². The van der Waals surface area contributed by atoms with E-state index < -0.39 is 21.1 Å². The van der Waals surface area contributed by atoms with E-state index in [4.69, 9.17) is 38.4 Å². The van der Waals surface area contributed by atoms with Crippen LogP contribution in [-0.2, 0) is 27.6 Å². The van der Waals surface area contributed by atoms with Gasteiger partial charge in [0.15, 0.2) is 15.6 Å². The van der Waals surface area contributed by atoms with Gasteiger partial charge in [0, 0.05) is 11.6 Å². The van der Waals surface area contributed by atoms with Gasteiger partial charge in [-0.1, -0.05) is 37.6 Å². The van der Waals surface area contributed by atoms with E-state index in [1.165, 1.54) is 6.20 Å². The van der Waals surface area contributed by atoms with Crippen molar-refractivity contribution in [2.24, 2.45) is 5.73 Å². The lowest BCUT2D eigenvalue weighted by Crippen LogP contribution is -2.19. The van der Waals surface area contributed by atoms with Crippen LogP contribution in [0.2, 0.25) is 5.02 Å². The molecule has 1 heterocycles. The molecular weight excluding hydrogens is 523 g/mol. The molecule has 36 heavy (non-hydrogen) atoms. The van der Waals surface area contributed by atoms with Crippen molar-refractivity contribution < 1.29 is 17.9 Å². The van der Waals surface area contributed by atoms with E-state index in [9.17, 15) is 13.7 Å². The molecule has 2 aromatic carbocycles. The van der Waals surface area contributed by atoms with Crippen molar-refractivity contribution in [1.29, 1.82) is 5.26 Å². The number of aromatic nitrogens is 2. The molecule has 0 spiro atoms. The zero-order valence-electron chi connectivity index (χ0n) is 19.9. The number of sulfone groups is 1. The second-order valence-corrected chi connectivity index (χ2v) is 11.3. The van der Waals surface area contributed by atoms with E-state index in [0.717, 1.165) is 11.1 Å². The maximum Gasteiger partial charge on any atom is 0.170 e. The highest BCUT2D eigenvalue weighted by atomic mass is 35.5. The van der Waals surface area contributed by atoms with E-state index in [1.807, 2.05) is 38.1 Å². The molecule has 2 N–H and O–H groups in total.